The number of rotatable bonds is 3. The Labute approximate surface area is 144 Å². The van der Waals surface area contributed by atoms with E-state index in [2.05, 4.69) is 14.9 Å². The summed E-state index contributed by atoms with van der Waals surface area (Å²) >= 11 is 5.63. The highest BCUT2D eigenvalue weighted by atomic mass is 35.5. The monoisotopic (exact) mass is 370 g/mol. The first-order valence-corrected chi connectivity index (χ1v) is 9.16. The summed E-state index contributed by atoms with van der Waals surface area (Å²) in [4.78, 5) is 10.1. The molecule has 2 aromatic rings. The molecule has 1 aliphatic heterocycles. The van der Waals surface area contributed by atoms with Crippen LogP contribution in [-0.2, 0) is 10.0 Å². The zero-order chi connectivity index (χ0) is 17.3. The van der Waals surface area contributed by atoms with E-state index in [1.807, 2.05) is 7.05 Å². The second kappa shape index (κ2) is 6.72. The predicted octanol–water partition coefficient (Wildman–Crippen LogP) is 1.87. The van der Waals surface area contributed by atoms with Crippen molar-refractivity contribution in [2.45, 2.75) is 4.90 Å². The van der Waals surface area contributed by atoms with Gasteiger partial charge < -0.3 is 4.90 Å². The van der Waals surface area contributed by atoms with Crippen molar-refractivity contribution >= 4 is 21.6 Å². The Balaban J connectivity index is 1.86. The number of hydrogen-bond acceptors (Lipinski definition) is 5. The lowest BCUT2D eigenvalue weighted by Gasteiger charge is -2.31. The zero-order valence-corrected chi connectivity index (χ0v) is 14.6. The molecule has 2 aromatic heterocycles. The number of nitrogens with zero attached hydrogens (tertiary/aromatic N) is 4. The zero-order valence-electron chi connectivity index (χ0n) is 13.0. The highest BCUT2D eigenvalue weighted by Gasteiger charge is 2.27. The maximum absolute atomic E-state index is 13.9. The fourth-order valence-corrected chi connectivity index (χ4v) is 3.98. The molecule has 0 N–H and O–H groups in total. The van der Waals surface area contributed by atoms with E-state index in [4.69, 9.17) is 11.6 Å². The smallest absolute Gasteiger partial charge is 0.244 e. The van der Waals surface area contributed by atoms with Crippen molar-refractivity contribution in [2.24, 2.45) is 0 Å². The van der Waals surface area contributed by atoms with Gasteiger partial charge in [0, 0.05) is 44.6 Å². The van der Waals surface area contributed by atoms with Gasteiger partial charge >= 0.3 is 0 Å². The third-order valence-corrected chi connectivity index (χ3v) is 6.02. The van der Waals surface area contributed by atoms with Gasteiger partial charge in [-0.3, -0.25) is 4.98 Å². The van der Waals surface area contributed by atoms with Gasteiger partial charge in [0.25, 0.3) is 0 Å². The minimum Gasteiger partial charge on any atom is -0.304 e. The fourth-order valence-electron chi connectivity index (χ4n) is 2.47. The van der Waals surface area contributed by atoms with E-state index in [1.165, 1.54) is 28.8 Å². The molecule has 6 nitrogen and oxygen atoms in total. The average molecular weight is 371 g/mol. The SMILES string of the molecule is CN1CCN(S(=O)(=O)c2ccc(-c3cnc(Cl)cc3F)nc2)CC1. The van der Waals surface area contributed by atoms with Crippen molar-refractivity contribution in [2.75, 3.05) is 33.2 Å². The summed E-state index contributed by atoms with van der Waals surface area (Å²) in [5, 5.41) is 0.0468. The molecular formula is C15H16ClFN4O2S. The van der Waals surface area contributed by atoms with Crippen molar-refractivity contribution in [3.05, 3.63) is 41.6 Å². The van der Waals surface area contributed by atoms with Gasteiger partial charge in [0.1, 0.15) is 15.9 Å². The summed E-state index contributed by atoms with van der Waals surface area (Å²) in [6.45, 7) is 2.26. The Kier molecular flexibility index (Phi) is 4.82. The molecule has 1 saturated heterocycles. The Morgan fingerprint density at radius 3 is 2.42 bits per heavy atom. The van der Waals surface area contributed by atoms with Crippen LogP contribution in [0.25, 0.3) is 11.3 Å². The van der Waals surface area contributed by atoms with Gasteiger partial charge in [-0.1, -0.05) is 11.6 Å². The third kappa shape index (κ3) is 3.41. The van der Waals surface area contributed by atoms with Crippen molar-refractivity contribution in [1.82, 2.24) is 19.2 Å². The molecule has 0 radical (unpaired) electrons. The molecule has 1 aliphatic rings. The van der Waals surface area contributed by atoms with Crippen LogP contribution in [0.1, 0.15) is 0 Å². The Morgan fingerprint density at radius 2 is 1.83 bits per heavy atom. The summed E-state index contributed by atoms with van der Waals surface area (Å²) in [6, 6.07) is 3.99. The molecule has 128 valence electrons. The van der Waals surface area contributed by atoms with E-state index in [0.717, 1.165) is 6.07 Å². The molecule has 0 aromatic carbocycles. The number of pyridine rings is 2. The number of aromatic nitrogens is 2. The van der Waals surface area contributed by atoms with Crippen LogP contribution < -0.4 is 0 Å². The van der Waals surface area contributed by atoms with Gasteiger partial charge in [-0.25, -0.2) is 17.8 Å². The fraction of sp³-hybridized carbons (Fsp3) is 0.333. The average Bonchev–Trinajstić information content (AvgIpc) is 2.55. The lowest BCUT2D eigenvalue weighted by Crippen LogP contribution is -2.47. The molecule has 0 saturated carbocycles. The molecule has 1 fully saturated rings. The maximum Gasteiger partial charge on any atom is 0.244 e. The van der Waals surface area contributed by atoms with Crippen LogP contribution in [0.15, 0.2) is 35.5 Å². The van der Waals surface area contributed by atoms with Crippen LogP contribution in [0.2, 0.25) is 5.15 Å². The highest BCUT2D eigenvalue weighted by molar-refractivity contribution is 7.89. The van der Waals surface area contributed by atoms with Crippen LogP contribution in [0, 0.1) is 5.82 Å². The van der Waals surface area contributed by atoms with E-state index < -0.39 is 15.8 Å². The van der Waals surface area contributed by atoms with E-state index in [1.54, 1.807) is 0 Å². The first-order valence-electron chi connectivity index (χ1n) is 7.34. The minimum absolute atomic E-state index is 0.0468. The van der Waals surface area contributed by atoms with Crippen molar-refractivity contribution in [1.29, 1.82) is 0 Å². The standard InChI is InChI=1S/C15H16ClFN4O2S/c1-20-4-6-21(7-5-20)24(22,23)11-2-3-14(18-9-11)12-10-19-15(16)8-13(12)17/h2-3,8-10H,4-7H2,1H3. The van der Waals surface area contributed by atoms with Gasteiger partial charge in [-0.05, 0) is 19.2 Å². The second-order valence-electron chi connectivity index (χ2n) is 5.57. The maximum atomic E-state index is 13.9. The molecule has 3 rings (SSSR count). The molecule has 0 unspecified atom stereocenters. The lowest BCUT2D eigenvalue weighted by molar-refractivity contribution is 0.222. The van der Waals surface area contributed by atoms with Gasteiger partial charge in [-0.2, -0.15) is 4.31 Å². The van der Waals surface area contributed by atoms with E-state index in [-0.39, 0.29) is 15.6 Å². The first kappa shape index (κ1) is 17.2. The van der Waals surface area contributed by atoms with Crippen molar-refractivity contribution in [3.63, 3.8) is 0 Å². The van der Waals surface area contributed by atoms with Crippen LogP contribution in [0.4, 0.5) is 4.39 Å². The topological polar surface area (TPSA) is 66.4 Å². The molecule has 3 heterocycles. The molecule has 0 amide bonds. The number of hydrogen-bond donors (Lipinski definition) is 0. The van der Waals surface area contributed by atoms with E-state index in [0.29, 0.717) is 31.9 Å². The molecule has 0 bridgehead atoms. The number of piperazine rings is 1. The minimum atomic E-state index is -3.59. The Hall–Kier alpha value is -1.61. The van der Waals surface area contributed by atoms with Crippen LogP contribution in [0.3, 0.4) is 0 Å². The molecule has 0 atom stereocenters. The first-order chi connectivity index (χ1) is 11.4. The van der Waals surface area contributed by atoms with Gasteiger partial charge in [0.05, 0.1) is 11.3 Å². The largest absolute Gasteiger partial charge is 0.304 e. The van der Waals surface area contributed by atoms with Gasteiger partial charge in [-0.15, -0.1) is 0 Å². The molecule has 24 heavy (non-hydrogen) atoms. The summed E-state index contributed by atoms with van der Waals surface area (Å²) in [5.74, 6) is -0.558. The third-order valence-electron chi connectivity index (χ3n) is 3.93. The van der Waals surface area contributed by atoms with Crippen molar-refractivity contribution in [3.8, 4) is 11.3 Å². The summed E-state index contributed by atoms with van der Waals surface area (Å²) in [6.07, 6.45) is 2.52. The van der Waals surface area contributed by atoms with Crippen LogP contribution >= 0.6 is 11.6 Å². The van der Waals surface area contributed by atoms with Gasteiger partial charge in [0.15, 0.2) is 0 Å². The summed E-state index contributed by atoms with van der Waals surface area (Å²) < 4.78 is 40.6. The van der Waals surface area contributed by atoms with Crippen LogP contribution in [-0.4, -0.2) is 60.8 Å². The van der Waals surface area contributed by atoms with Crippen molar-refractivity contribution < 1.29 is 12.8 Å². The number of likely N-dealkylation sites (N-methyl/N-ethyl adjacent to an activating group) is 1. The lowest BCUT2D eigenvalue weighted by atomic mass is 10.2. The normalized spacial score (nSPS) is 17.1. The second-order valence-corrected chi connectivity index (χ2v) is 7.90. The van der Waals surface area contributed by atoms with Gasteiger partial charge in [0.2, 0.25) is 10.0 Å². The molecule has 0 aliphatic carbocycles. The molecular weight excluding hydrogens is 355 g/mol. The highest BCUT2D eigenvalue weighted by Crippen LogP contribution is 2.24. The molecule has 0 spiro atoms. The summed E-state index contributed by atoms with van der Waals surface area (Å²) in [5.41, 5.74) is 0.469. The van der Waals surface area contributed by atoms with E-state index >= 15 is 0 Å². The quantitative estimate of drug-likeness (QED) is 0.772. The van der Waals surface area contributed by atoms with E-state index in [9.17, 15) is 12.8 Å². The Morgan fingerprint density at radius 1 is 1.12 bits per heavy atom. The van der Waals surface area contributed by atoms with Crippen LogP contribution in [0.5, 0.6) is 0 Å². The Bertz CT molecular complexity index is 837. The number of halogens is 2. The molecule has 9 heteroatoms. The predicted molar refractivity (Wildman–Crippen MR) is 88.7 cm³/mol. The number of sulfonamides is 1. The summed E-state index contributed by atoms with van der Waals surface area (Å²) in [7, 11) is -1.63.